The molecule has 0 spiro atoms. The molecule has 1 amide bonds. The third-order valence-electron chi connectivity index (χ3n) is 3.76. The van der Waals surface area contributed by atoms with Crippen LogP contribution in [0, 0.1) is 5.92 Å². The molecule has 4 heteroatoms. The number of amides is 1. The molecule has 1 saturated carbocycles. The molecular formula is C16H23NO3. The van der Waals surface area contributed by atoms with Crippen LogP contribution >= 0.6 is 0 Å². The Morgan fingerprint density at radius 1 is 1.35 bits per heavy atom. The van der Waals surface area contributed by atoms with E-state index in [1.807, 2.05) is 0 Å². The lowest BCUT2D eigenvalue weighted by atomic mass is 9.90. The Balaban J connectivity index is 2.01. The van der Waals surface area contributed by atoms with Crippen molar-refractivity contribution in [3.05, 3.63) is 23.8 Å². The summed E-state index contributed by atoms with van der Waals surface area (Å²) in [7, 11) is 0. The summed E-state index contributed by atoms with van der Waals surface area (Å²) in [5.74, 6) is 1.17. The standard InChI is InChI=1S/C16H23NO3/c1-12(19)17-15-8-7-14(10-18)16(9-15)20-11-13-5-3-2-4-6-13/h7-9,13,18H,2-6,10-11H2,1H3,(H,17,19). The van der Waals surface area contributed by atoms with Gasteiger partial charge in [0.15, 0.2) is 0 Å². The van der Waals surface area contributed by atoms with E-state index in [4.69, 9.17) is 4.74 Å². The van der Waals surface area contributed by atoms with Crippen LogP contribution in [0.15, 0.2) is 18.2 Å². The number of anilines is 1. The minimum atomic E-state index is -0.111. The van der Waals surface area contributed by atoms with E-state index in [0.29, 0.717) is 24.0 Å². The molecule has 0 aliphatic heterocycles. The zero-order valence-electron chi connectivity index (χ0n) is 12.0. The molecule has 4 nitrogen and oxygen atoms in total. The average molecular weight is 277 g/mol. The maximum Gasteiger partial charge on any atom is 0.221 e. The molecule has 1 fully saturated rings. The van der Waals surface area contributed by atoms with Crippen LogP contribution in [0.25, 0.3) is 0 Å². The van der Waals surface area contributed by atoms with Crippen LogP contribution in [-0.4, -0.2) is 17.6 Å². The number of nitrogens with one attached hydrogen (secondary N) is 1. The van der Waals surface area contributed by atoms with Crippen LogP contribution in [0.5, 0.6) is 5.75 Å². The summed E-state index contributed by atoms with van der Waals surface area (Å²) in [5.41, 5.74) is 1.46. The van der Waals surface area contributed by atoms with Crippen LogP contribution in [-0.2, 0) is 11.4 Å². The van der Waals surface area contributed by atoms with Gasteiger partial charge < -0.3 is 15.2 Å². The topological polar surface area (TPSA) is 58.6 Å². The van der Waals surface area contributed by atoms with Crippen molar-refractivity contribution in [3.8, 4) is 5.75 Å². The van der Waals surface area contributed by atoms with Gasteiger partial charge in [0.1, 0.15) is 5.75 Å². The number of hydrogen-bond acceptors (Lipinski definition) is 3. The fraction of sp³-hybridized carbons (Fsp3) is 0.562. The van der Waals surface area contributed by atoms with Gasteiger partial charge in [-0.15, -0.1) is 0 Å². The second-order valence-corrected chi connectivity index (χ2v) is 5.48. The van der Waals surface area contributed by atoms with E-state index >= 15 is 0 Å². The van der Waals surface area contributed by atoms with Gasteiger partial charge in [-0.05, 0) is 24.8 Å². The summed E-state index contributed by atoms with van der Waals surface area (Å²) in [6.07, 6.45) is 6.34. The summed E-state index contributed by atoms with van der Waals surface area (Å²) >= 11 is 0. The van der Waals surface area contributed by atoms with Gasteiger partial charge in [0.2, 0.25) is 5.91 Å². The number of aliphatic hydroxyl groups is 1. The summed E-state index contributed by atoms with van der Waals surface area (Å²) < 4.78 is 5.88. The highest BCUT2D eigenvalue weighted by Gasteiger charge is 2.15. The fourth-order valence-electron chi connectivity index (χ4n) is 2.66. The van der Waals surface area contributed by atoms with Crippen LogP contribution in [0.3, 0.4) is 0 Å². The van der Waals surface area contributed by atoms with E-state index in [-0.39, 0.29) is 12.5 Å². The summed E-state index contributed by atoms with van der Waals surface area (Å²) in [6, 6.07) is 5.36. The summed E-state index contributed by atoms with van der Waals surface area (Å²) in [6.45, 7) is 2.11. The second kappa shape index (κ2) is 7.29. The molecule has 0 unspecified atom stereocenters. The predicted molar refractivity (Wildman–Crippen MR) is 78.7 cm³/mol. The molecule has 0 heterocycles. The van der Waals surface area contributed by atoms with E-state index in [2.05, 4.69) is 5.32 Å². The number of aliphatic hydroxyl groups excluding tert-OH is 1. The molecule has 2 N–H and O–H groups in total. The van der Waals surface area contributed by atoms with Gasteiger partial charge in [0, 0.05) is 24.2 Å². The van der Waals surface area contributed by atoms with Crippen LogP contribution in [0.1, 0.15) is 44.6 Å². The fourth-order valence-corrected chi connectivity index (χ4v) is 2.66. The lowest BCUT2D eigenvalue weighted by Crippen LogP contribution is -2.16. The van der Waals surface area contributed by atoms with Crippen molar-refractivity contribution in [1.82, 2.24) is 0 Å². The van der Waals surface area contributed by atoms with Crippen LogP contribution in [0.4, 0.5) is 5.69 Å². The van der Waals surface area contributed by atoms with Gasteiger partial charge in [-0.25, -0.2) is 0 Å². The monoisotopic (exact) mass is 277 g/mol. The Morgan fingerprint density at radius 2 is 2.10 bits per heavy atom. The quantitative estimate of drug-likeness (QED) is 0.869. The molecule has 0 radical (unpaired) electrons. The van der Waals surface area contributed by atoms with Crippen molar-refractivity contribution >= 4 is 11.6 Å². The first-order valence-corrected chi connectivity index (χ1v) is 7.33. The minimum Gasteiger partial charge on any atom is -0.493 e. The Hall–Kier alpha value is -1.55. The van der Waals surface area contributed by atoms with Crippen molar-refractivity contribution in [3.63, 3.8) is 0 Å². The SMILES string of the molecule is CC(=O)Nc1ccc(CO)c(OCC2CCCCC2)c1. The van der Waals surface area contributed by atoms with E-state index in [9.17, 15) is 9.90 Å². The third-order valence-corrected chi connectivity index (χ3v) is 3.76. The lowest BCUT2D eigenvalue weighted by Gasteiger charge is -2.22. The van der Waals surface area contributed by atoms with E-state index in [1.54, 1.807) is 18.2 Å². The molecular weight excluding hydrogens is 254 g/mol. The normalized spacial score (nSPS) is 15.9. The maximum absolute atomic E-state index is 11.1. The van der Waals surface area contributed by atoms with Crippen molar-refractivity contribution in [2.75, 3.05) is 11.9 Å². The highest BCUT2D eigenvalue weighted by molar-refractivity contribution is 5.88. The van der Waals surface area contributed by atoms with Gasteiger partial charge in [-0.1, -0.05) is 25.3 Å². The van der Waals surface area contributed by atoms with Crippen molar-refractivity contribution in [2.24, 2.45) is 5.92 Å². The van der Waals surface area contributed by atoms with Gasteiger partial charge in [0.05, 0.1) is 13.2 Å². The molecule has 0 aromatic heterocycles. The van der Waals surface area contributed by atoms with Crippen molar-refractivity contribution in [1.29, 1.82) is 0 Å². The first kappa shape index (κ1) is 14.9. The lowest BCUT2D eigenvalue weighted by molar-refractivity contribution is -0.114. The van der Waals surface area contributed by atoms with E-state index in [1.165, 1.54) is 39.0 Å². The molecule has 110 valence electrons. The largest absolute Gasteiger partial charge is 0.493 e. The van der Waals surface area contributed by atoms with E-state index in [0.717, 1.165) is 5.56 Å². The van der Waals surface area contributed by atoms with Crippen molar-refractivity contribution < 1.29 is 14.6 Å². The van der Waals surface area contributed by atoms with Gasteiger partial charge in [0.25, 0.3) is 0 Å². The Labute approximate surface area is 120 Å². The number of rotatable bonds is 5. The zero-order chi connectivity index (χ0) is 14.4. The molecule has 2 rings (SSSR count). The Morgan fingerprint density at radius 3 is 2.75 bits per heavy atom. The first-order valence-electron chi connectivity index (χ1n) is 7.33. The van der Waals surface area contributed by atoms with Gasteiger partial charge >= 0.3 is 0 Å². The van der Waals surface area contributed by atoms with E-state index < -0.39 is 0 Å². The molecule has 1 aromatic carbocycles. The Bertz CT molecular complexity index is 453. The van der Waals surface area contributed by atoms with Crippen LogP contribution in [0.2, 0.25) is 0 Å². The maximum atomic E-state index is 11.1. The van der Waals surface area contributed by atoms with Gasteiger partial charge in [-0.3, -0.25) is 4.79 Å². The number of hydrogen-bond donors (Lipinski definition) is 2. The predicted octanol–water partition coefficient (Wildman–Crippen LogP) is 3.10. The molecule has 1 aliphatic carbocycles. The highest BCUT2D eigenvalue weighted by Crippen LogP contribution is 2.27. The number of carbonyl (C=O) groups is 1. The molecule has 0 saturated heterocycles. The molecule has 0 atom stereocenters. The number of ether oxygens (including phenoxy) is 1. The smallest absolute Gasteiger partial charge is 0.221 e. The van der Waals surface area contributed by atoms with Crippen molar-refractivity contribution in [2.45, 2.75) is 45.6 Å². The summed E-state index contributed by atoms with van der Waals surface area (Å²) in [5, 5.41) is 12.1. The van der Waals surface area contributed by atoms with Crippen LogP contribution < -0.4 is 10.1 Å². The molecule has 1 aromatic rings. The summed E-state index contributed by atoms with van der Waals surface area (Å²) in [4.78, 5) is 11.1. The zero-order valence-corrected chi connectivity index (χ0v) is 12.0. The second-order valence-electron chi connectivity index (χ2n) is 5.48. The molecule has 0 bridgehead atoms. The minimum absolute atomic E-state index is 0.0552. The van der Waals surface area contributed by atoms with Gasteiger partial charge in [-0.2, -0.15) is 0 Å². The molecule has 1 aliphatic rings. The third kappa shape index (κ3) is 4.23. The average Bonchev–Trinajstić information content (AvgIpc) is 2.46. The number of carbonyl (C=O) groups excluding carboxylic acids is 1. The number of benzene rings is 1. The molecule has 20 heavy (non-hydrogen) atoms. The first-order chi connectivity index (χ1) is 9.69. The highest BCUT2D eigenvalue weighted by atomic mass is 16.5. The Kier molecular flexibility index (Phi) is 5.41.